The Hall–Kier alpha value is -5.36. The van der Waals surface area contributed by atoms with E-state index >= 15 is 0 Å². The molecule has 0 N–H and O–H groups in total. The zero-order valence-corrected chi connectivity index (χ0v) is 30.0. The van der Waals surface area contributed by atoms with Crippen molar-refractivity contribution in [2.24, 2.45) is 0 Å². The second-order valence-electron chi connectivity index (χ2n) is 13.8. The maximum atomic E-state index is 12.7. The number of hydrogen-bond donors (Lipinski definition) is 0. The summed E-state index contributed by atoms with van der Waals surface area (Å²) in [6.07, 6.45) is 1.07. The van der Waals surface area contributed by atoms with Crippen LogP contribution in [0.15, 0.2) is 127 Å². The lowest BCUT2D eigenvalue weighted by Crippen LogP contribution is -2.30. The van der Waals surface area contributed by atoms with E-state index in [4.69, 9.17) is 18.9 Å². The predicted octanol–water partition coefficient (Wildman–Crippen LogP) is 11.1. The Morgan fingerprint density at radius 2 is 0.800 bits per heavy atom. The summed E-state index contributed by atoms with van der Waals surface area (Å²) < 4.78 is 22.8. The van der Waals surface area contributed by atoms with Crippen LogP contribution in [-0.2, 0) is 10.8 Å². The van der Waals surface area contributed by atoms with E-state index in [1.807, 2.05) is 54.6 Å². The fourth-order valence-corrected chi connectivity index (χ4v) is 5.72. The summed E-state index contributed by atoms with van der Waals surface area (Å²) in [4.78, 5) is 25.1. The molecule has 0 bridgehead atoms. The first-order chi connectivity index (χ1) is 23.8. The monoisotopic (exact) mass is 670 g/mol. The Labute approximate surface area is 296 Å². The molecule has 0 radical (unpaired) electrons. The Morgan fingerprint density at radius 3 is 1.16 bits per heavy atom. The van der Waals surface area contributed by atoms with E-state index < -0.39 is 12.1 Å². The highest BCUT2D eigenvalue weighted by Crippen LogP contribution is 2.35. The molecule has 5 rings (SSSR count). The fourth-order valence-electron chi connectivity index (χ4n) is 5.72. The lowest BCUT2D eigenvalue weighted by Gasteiger charge is -2.30. The van der Waals surface area contributed by atoms with Crippen molar-refractivity contribution >= 4 is 12.1 Å². The molecule has 258 valence electrons. The maximum absolute atomic E-state index is 12.7. The number of carbonyl (C=O) groups is 2. The van der Waals surface area contributed by atoms with E-state index in [2.05, 4.69) is 60.6 Å². The highest BCUT2D eigenvalue weighted by molar-refractivity contribution is 5.90. The zero-order chi connectivity index (χ0) is 35.9. The SMILES string of the molecule is CCC(C)(CC)Oc1ccc(C(C)(C)c2ccc(OC(=O)Oc3ccc(C(C)(C)c4ccc(OC(=O)c5ccccc5)cc4)cc3)cc2)cc1. The smallest absolute Gasteiger partial charge is 0.488 e. The summed E-state index contributed by atoms with van der Waals surface area (Å²) >= 11 is 0. The van der Waals surface area contributed by atoms with E-state index in [0.29, 0.717) is 22.8 Å². The molecule has 5 aromatic rings. The molecule has 0 saturated carbocycles. The van der Waals surface area contributed by atoms with Gasteiger partial charge in [0.25, 0.3) is 0 Å². The second-order valence-corrected chi connectivity index (χ2v) is 13.8. The molecule has 0 amide bonds. The molecule has 0 spiro atoms. The van der Waals surface area contributed by atoms with Crippen molar-refractivity contribution < 1.29 is 28.5 Å². The number of ether oxygens (including phenoxy) is 4. The first kappa shape index (κ1) is 35.9. The van der Waals surface area contributed by atoms with Crippen molar-refractivity contribution in [2.45, 2.75) is 77.7 Å². The third kappa shape index (κ3) is 8.43. The van der Waals surface area contributed by atoms with Crippen LogP contribution in [0.25, 0.3) is 0 Å². The van der Waals surface area contributed by atoms with Crippen molar-refractivity contribution in [3.8, 4) is 23.0 Å². The molecule has 6 heteroatoms. The van der Waals surface area contributed by atoms with Crippen LogP contribution >= 0.6 is 0 Å². The average Bonchev–Trinajstić information content (AvgIpc) is 3.13. The fraction of sp³-hybridized carbons (Fsp3) is 0.273. The van der Waals surface area contributed by atoms with Gasteiger partial charge in [-0.2, -0.15) is 0 Å². The molecule has 0 fully saturated rings. The van der Waals surface area contributed by atoms with E-state index in [1.54, 1.807) is 60.7 Å². The Balaban J connectivity index is 1.16. The van der Waals surface area contributed by atoms with Crippen molar-refractivity contribution in [2.75, 3.05) is 0 Å². The van der Waals surface area contributed by atoms with Crippen LogP contribution in [0.4, 0.5) is 4.79 Å². The molecule has 0 atom stereocenters. The average molecular weight is 671 g/mol. The van der Waals surface area contributed by atoms with E-state index in [1.165, 1.54) is 0 Å². The van der Waals surface area contributed by atoms with Crippen molar-refractivity contribution in [1.29, 1.82) is 0 Å². The lowest BCUT2D eigenvalue weighted by molar-refractivity contribution is 0.0734. The molecule has 50 heavy (non-hydrogen) atoms. The molecule has 0 aliphatic carbocycles. The Bertz CT molecular complexity index is 1870. The number of hydrogen-bond acceptors (Lipinski definition) is 6. The minimum Gasteiger partial charge on any atom is -0.488 e. The Morgan fingerprint density at radius 1 is 0.460 bits per heavy atom. The van der Waals surface area contributed by atoms with Crippen LogP contribution in [-0.4, -0.2) is 17.7 Å². The van der Waals surface area contributed by atoms with Crippen LogP contribution in [0.1, 0.15) is 93.9 Å². The lowest BCUT2D eigenvalue weighted by atomic mass is 9.78. The number of rotatable bonds is 12. The second kappa shape index (κ2) is 15.0. The zero-order valence-electron chi connectivity index (χ0n) is 30.0. The van der Waals surface area contributed by atoms with Crippen LogP contribution in [0.3, 0.4) is 0 Å². The normalized spacial score (nSPS) is 11.8. The first-order valence-corrected chi connectivity index (χ1v) is 17.1. The van der Waals surface area contributed by atoms with E-state index in [0.717, 1.165) is 40.8 Å². The number of carbonyl (C=O) groups excluding carboxylic acids is 2. The van der Waals surface area contributed by atoms with Crippen molar-refractivity contribution in [3.63, 3.8) is 0 Å². The molecular weight excluding hydrogens is 624 g/mol. The minimum absolute atomic E-state index is 0.174. The van der Waals surface area contributed by atoms with Gasteiger partial charge in [-0.3, -0.25) is 0 Å². The van der Waals surface area contributed by atoms with E-state index in [-0.39, 0.29) is 16.4 Å². The van der Waals surface area contributed by atoms with Crippen molar-refractivity contribution in [1.82, 2.24) is 0 Å². The molecule has 0 saturated heterocycles. The van der Waals surface area contributed by atoms with Crippen LogP contribution in [0.2, 0.25) is 0 Å². The highest BCUT2D eigenvalue weighted by atomic mass is 16.7. The molecule has 0 aliphatic rings. The van der Waals surface area contributed by atoms with Gasteiger partial charge in [-0.15, -0.1) is 0 Å². The highest BCUT2D eigenvalue weighted by Gasteiger charge is 2.26. The number of benzene rings is 5. The van der Waals surface area contributed by atoms with Crippen LogP contribution in [0, 0.1) is 0 Å². The third-order valence-corrected chi connectivity index (χ3v) is 9.79. The summed E-state index contributed by atoms with van der Waals surface area (Å²) in [5.74, 6) is 1.71. The third-order valence-electron chi connectivity index (χ3n) is 9.79. The summed E-state index contributed by atoms with van der Waals surface area (Å²) in [6, 6.07) is 39.5. The predicted molar refractivity (Wildman–Crippen MR) is 198 cm³/mol. The Kier molecular flexibility index (Phi) is 10.8. The van der Waals surface area contributed by atoms with Gasteiger partial charge in [0, 0.05) is 10.8 Å². The van der Waals surface area contributed by atoms with Gasteiger partial charge in [-0.1, -0.05) is 108 Å². The standard InChI is InChI=1S/C44H46O6/c1-8-44(7,9-2)50-39-29-21-35(22-30-39)43(5,6)34-19-27-38(28-20-34)49-41(46)48-37-25-17-33(18-26-37)42(3,4)32-15-23-36(24-16-32)47-40(45)31-13-11-10-12-14-31/h10-30H,8-9H2,1-7H3. The van der Waals surface area contributed by atoms with Gasteiger partial charge < -0.3 is 18.9 Å². The molecule has 5 aromatic carbocycles. The van der Waals surface area contributed by atoms with Crippen LogP contribution in [0.5, 0.6) is 23.0 Å². The van der Waals surface area contributed by atoms with Gasteiger partial charge >= 0.3 is 12.1 Å². The molecule has 0 aliphatic heterocycles. The minimum atomic E-state index is -0.814. The van der Waals surface area contributed by atoms with Crippen molar-refractivity contribution in [3.05, 3.63) is 155 Å². The quantitative estimate of drug-likeness (QED) is 0.0747. The molecule has 6 nitrogen and oxygen atoms in total. The van der Waals surface area contributed by atoms with Gasteiger partial charge in [0.15, 0.2) is 0 Å². The van der Waals surface area contributed by atoms with Gasteiger partial charge in [0.2, 0.25) is 0 Å². The van der Waals surface area contributed by atoms with Gasteiger partial charge in [0.1, 0.15) is 28.6 Å². The topological polar surface area (TPSA) is 71.1 Å². The van der Waals surface area contributed by atoms with Gasteiger partial charge in [-0.25, -0.2) is 9.59 Å². The summed E-state index contributed by atoms with van der Waals surface area (Å²) in [5, 5.41) is 0. The largest absolute Gasteiger partial charge is 0.519 e. The summed E-state index contributed by atoms with van der Waals surface area (Å²) in [7, 11) is 0. The van der Waals surface area contributed by atoms with Crippen LogP contribution < -0.4 is 18.9 Å². The van der Waals surface area contributed by atoms with E-state index in [9.17, 15) is 9.59 Å². The van der Waals surface area contributed by atoms with Gasteiger partial charge in [-0.05, 0) is 103 Å². The summed E-state index contributed by atoms with van der Waals surface area (Å²) in [5.41, 5.74) is 3.98. The number of esters is 1. The molecule has 0 aromatic heterocycles. The molecule has 0 unspecified atom stereocenters. The first-order valence-electron chi connectivity index (χ1n) is 17.1. The summed E-state index contributed by atoms with van der Waals surface area (Å²) in [6.45, 7) is 15.0. The molecular formula is C44H46O6. The van der Waals surface area contributed by atoms with Gasteiger partial charge in [0.05, 0.1) is 5.56 Å². The molecule has 0 heterocycles. The maximum Gasteiger partial charge on any atom is 0.519 e.